The van der Waals surface area contributed by atoms with E-state index in [9.17, 15) is 4.79 Å². The molecular formula is C23H28N4O2S. The highest BCUT2D eigenvalue weighted by Gasteiger charge is 2.29. The third-order valence-electron chi connectivity index (χ3n) is 6.38. The summed E-state index contributed by atoms with van der Waals surface area (Å²) in [5.41, 5.74) is 3.14. The summed E-state index contributed by atoms with van der Waals surface area (Å²) < 4.78 is 10.2. The van der Waals surface area contributed by atoms with Crippen LogP contribution in [-0.4, -0.2) is 30.9 Å². The van der Waals surface area contributed by atoms with Gasteiger partial charge in [-0.05, 0) is 57.7 Å². The lowest BCUT2D eigenvalue weighted by atomic mass is 9.95. The summed E-state index contributed by atoms with van der Waals surface area (Å²) in [6.07, 6.45) is 10.1. The molecule has 0 N–H and O–H groups in total. The number of carbonyl (C=O) groups excluding carboxylic acids is 1. The third-order valence-corrected chi connectivity index (χ3v) is 7.32. The molecule has 0 atom stereocenters. The SMILES string of the molecule is Cc1cc(C(=O)CSc2nnc(-c3ccco3)n2C2CCCCC2)c(C)n1C1CC1. The first-order valence-electron chi connectivity index (χ1n) is 11.0. The van der Waals surface area contributed by atoms with E-state index in [1.54, 1.807) is 6.26 Å². The normalized spacial score (nSPS) is 17.5. The summed E-state index contributed by atoms with van der Waals surface area (Å²) in [7, 11) is 0. The van der Waals surface area contributed by atoms with Crippen molar-refractivity contribution in [1.82, 2.24) is 19.3 Å². The molecule has 3 aromatic rings. The van der Waals surface area contributed by atoms with Crippen LogP contribution in [0.2, 0.25) is 0 Å². The molecule has 158 valence electrons. The zero-order chi connectivity index (χ0) is 20.7. The summed E-state index contributed by atoms with van der Waals surface area (Å²) in [6.45, 7) is 4.17. The molecule has 0 aromatic carbocycles. The van der Waals surface area contributed by atoms with Gasteiger partial charge in [-0.15, -0.1) is 10.2 Å². The molecule has 0 saturated heterocycles. The van der Waals surface area contributed by atoms with Crippen LogP contribution in [0.25, 0.3) is 11.6 Å². The van der Waals surface area contributed by atoms with Gasteiger partial charge in [-0.25, -0.2) is 0 Å². The smallest absolute Gasteiger partial charge is 0.200 e. The highest BCUT2D eigenvalue weighted by Crippen LogP contribution is 2.39. The minimum atomic E-state index is 0.165. The molecule has 0 unspecified atom stereocenters. The van der Waals surface area contributed by atoms with Crippen molar-refractivity contribution in [3.63, 3.8) is 0 Å². The van der Waals surface area contributed by atoms with Crippen LogP contribution in [-0.2, 0) is 0 Å². The second-order valence-electron chi connectivity index (χ2n) is 8.54. The number of rotatable bonds is 7. The van der Waals surface area contributed by atoms with E-state index in [4.69, 9.17) is 4.42 Å². The second kappa shape index (κ2) is 8.10. The number of hydrogen-bond donors (Lipinski definition) is 0. The summed E-state index contributed by atoms with van der Waals surface area (Å²) in [4.78, 5) is 13.1. The van der Waals surface area contributed by atoms with Crippen LogP contribution in [0.5, 0.6) is 0 Å². The Balaban J connectivity index is 1.38. The van der Waals surface area contributed by atoms with Gasteiger partial charge in [-0.2, -0.15) is 0 Å². The van der Waals surface area contributed by atoms with Gasteiger partial charge in [0.25, 0.3) is 0 Å². The molecule has 0 aliphatic heterocycles. The molecule has 2 saturated carbocycles. The third kappa shape index (κ3) is 3.64. The summed E-state index contributed by atoms with van der Waals surface area (Å²) in [5.74, 6) is 2.04. The standard InChI is InChI=1S/C23H28N4O2S/c1-15-13-19(16(2)26(15)18-10-11-18)20(28)14-30-23-25-24-22(21-9-6-12-29-21)27(23)17-7-4-3-5-8-17/h6,9,12-13,17-18H,3-5,7-8,10-11,14H2,1-2H3. The van der Waals surface area contributed by atoms with Crippen molar-refractivity contribution >= 4 is 17.5 Å². The highest BCUT2D eigenvalue weighted by atomic mass is 32.2. The van der Waals surface area contributed by atoms with Gasteiger partial charge in [0.2, 0.25) is 5.82 Å². The second-order valence-corrected chi connectivity index (χ2v) is 9.49. The molecule has 3 aromatic heterocycles. The minimum absolute atomic E-state index is 0.165. The maximum Gasteiger partial charge on any atom is 0.200 e. The largest absolute Gasteiger partial charge is 0.461 e. The van der Waals surface area contributed by atoms with E-state index in [1.807, 2.05) is 12.1 Å². The van der Waals surface area contributed by atoms with Crippen molar-refractivity contribution in [3.05, 3.63) is 41.4 Å². The Bertz CT molecular complexity index is 1040. The van der Waals surface area contributed by atoms with E-state index in [0.29, 0.717) is 17.8 Å². The van der Waals surface area contributed by atoms with Crippen LogP contribution in [0.3, 0.4) is 0 Å². The number of furan rings is 1. The van der Waals surface area contributed by atoms with E-state index in [-0.39, 0.29) is 5.78 Å². The molecule has 6 nitrogen and oxygen atoms in total. The molecule has 7 heteroatoms. The molecule has 0 amide bonds. The van der Waals surface area contributed by atoms with Crippen molar-refractivity contribution in [3.8, 4) is 11.6 Å². The molecule has 0 radical (unpaired) electrons. The average Bonchev–Trinajstić information content (AvgIpc) is 3.16. The predicted molar refractivity (Wildman–Crippen MR) is 117 cm³/mol. The van der Waals surface area contributed by atoms with Crippen molar-refractivity contribution in [2.24, 2.45) is 0 Å². The number of Topliss-reactive ketones (excluding diaryl/α,β-unsaturated/α-hetero) is 1. The van der Waals surface area contributed by atoms with Crippen LogP contribution in [0.1, 0.15) is 78.8 Å². The molecular weight excluding hydrogens is 396 g/mol. The zero-order valence-electron chi connectivity index (χ0n) is 17.6. The highest BCUT2D eigenvalue weighted by molar-refractivity contribution is 7.99. The summed E-state index contributed by atoms with van der Waals surface area (Å²) in [5, 5.41) is 9.71. The predicted octanol–water partition coefficient (Wildman–Crippen LogP) is 5.77. The number of aryl methyl sites for hydroxylation is 1. The van der Waals surface area contributed by atoms with Gasteiger partial charge in [0.05, 0.1) is 12.0 Å². The Kier molecular flexibility index (Phi) is 5.31. The van der Waals surface area contributed by atoms with E-state index < -0.39 is 0 Å². The van der Waals surface area contributed by atoms with Gasteiger partial charge in [-0.1, -0.05) is 31.0 Å². The topological polar surface area (TPSA) is 65.8 Å². The van der Waals surface area contributed by atoms with Gasteiger partial charge < -0.3 is 8.98 Å². The summed E-state index contributed by atoms with van der Waals surface area (Å²) >= 11 is 1.50. The van der Waals surface area contributed by atoms with Crippen molar-refractivity contribution in [2.75, 3.05) is 5.75 Å². The lowest BCUT2D eigenvalue weighted by molar-refractivity contribution is 0.102. The molecule has 30 heavy (non-hydrogen) atoms. The number of ketones is 1. The molecule has 3 heterocycles. The number of carbonyl (C=O) groups is 1. The van der Waals surface area contributed by atoms with E-state index in [0.717, 1.165) is 40.8 Å². The van der Waals surface area contributed by atoms with Gasteiger partial charge in [-0.3, -0.25) is 9.36 Å². The van der Waals surface area contributed by atoms with Crippen molar-refractivity contribution < 1.29 is 9.21 Å². The maximum atomic E-state index is 13.1. The summed E-state index contributed by atoms with van der Waals surface area (Å²) in [6, 6.07) is 6.81. The van der Waals surface area contributed by atoms with E-state index in [1.165, 1.54) is 49.6 Å². The Morgan fingerprint density at radius 3 is 2.57 bits per heavy atom. The lowest BCUT2D eigenvalue weighted by Gasteiger charge is -2.25. The Morgan fingerprint density at radius 2 is 1.87 bits per heavy atom. The van der Waals surface area contributed by atoms with Crippen LogP contribution < -0.4 is 0 Å². The minimum Gasteiger partial charge on any atom is -0.461 e. The molecule has 2 aliphatic carbocycles. The van der Waals surface area contributed by atoms with E-state index in [2.05, 4.69) is 39.2 Å². The van der Waals surface area contributed by atoms with Crippen LogP contribution >= 0.6 is 11.8 Å². The van der Waals surface area contributed by atoms with E-state index >= 15 is 0 Å². The first-order valence-corrected chi connectivity index (χ1v) is 11.9. The van der Waals surface area contributed by atoms with Gasteiger partial charge in [0, 0.05) is 29.0 Å². The fourth-order valence-corrected chi connectivity index (χ4v) is 5.67. The monoisotopic (exact) mass is 424 g/mol. The molecule has 5 rings (SSSR count). The quantitative estimate of drug-likeness (QED) is 0.356. The number of nitrogens with zero attached hydrogens (tertiary/aromatic N) is 4. The van der Waals surface area contributed by atoms with Crippen LogP contribution in [0, 0.1) is 13.8 Å². The maximum absolute atomic E-state index is 13.1. The van der Waals surface area contributed by atoms with Crippen LogP contribution in [0.15, 0.2) is 34.0 Å². The zero-order valence-corrected chi connectivity index (χ0v) is 18.5. The number of hydrogen-bond acceptors (Lipinski definition) is 5. The first kappa shape index (κ1) is 19.7. The Labute approximate surface area is 181 Å². The fourth-order valence-electron chi connectivity index (χ4n) is 4.78. The molecule has 2 aliphatic rings. The first-order chi connectivity index (χ1) is 14.6. The molecule has 0 spiro atoms. The van der Waals surface area contributed by atoms with Gasteiger partial charge >= 0.3 is 0 Å². The van der Waals surface area contributed by atoms with Crippen LogP contribution in [0.4, 0.5) is 0 Å². The van der Waals surface area contributed by atoms with Crippen molar-refractivity contribution in [1.29, 1.82) is 0 Å². The molecule has 2 fully saturated rings. The lowest BCUT2D eigenvalue weighted by Crippen LogP contribution is -2.15. The number of thioether (sulfide) groups is 1. The van der Waals surface area contributed by atoms with Gasteiger partial charge in [0.15, 0.2) is 16.7 Å². The molecule has 0 bridgehead atoms. The Hall–Kier alpha value is -2.28. The Morgan fingerprint density at radius 1 is 1.10 bits per heavy atom. The van der Waals surface area contributed by atoms with Crippen molar-refractivity contribution in [2.45, 2.75) is 76.0 Å². The average molecular weight is 425 g/mol. The van der Waals surface area contributed by atoms with Gasteiger partial charge in [0.1, 0.15) is 0 Å². The number of aromatic nitrogens is 4. The fraction of sp³-hybridized carbons (Fsp3) is 0.522.